The average Bonchev–Trinajstić information content (AvgIpc) is 3.67. The first-order chi connectivity index (χ1) is 18.1. The molecule has 0 radical (unpaired) electrons. The lowest BCUT2D eigenvalue weighted by Crippen LogP contribution is -2.11. The summed E-state index contributed by atoms with van der Waals surface area (Å²) in [7, 11) is 0. The summed E-state index contributed by atoms with van der Waals surface area (Å²) in [4.78, 5) is 34.0. The van der Waals surface area contributed by atoms with Crippen molar-refractivity contribution >= 4 is 45.1 Å². The van der Waals surface area contributed by atoms with Crippen LogP contribution in [0, 0.1) is 5.82 Å². The monoisotopic (exact) mass is 512 g/mol. The van der Waals surface area contributed by atoms with E-state index >= 15 is 4.39 Å². The fourth-order valence-corrected chi connectivity index (χ4v) is 4.96. The van der Waals surface area contributed by atoms with E-state index < -0.39 is 5.82 Å². The first-order valence-electron chi connectivity index (χ1n) is 11.8. The molecule has 0 fully saturated rings. The highest BCUT2D eigenvalue weighted by Crippen LogP contribution is 2.35. The summed E-state index contributed by atoms with van der Waals surface area (Å²) < 4.78 is 16.0. The molecule has 184 valence electrons. The third kappa shape index (κ3) is 4.23. The number of aromatic amines is 2. The Hall–Kier alpha value is -4.51. The lowest BCUT2D eigenvalue weighted by molar-refractivity contribution is -0.116. The molecular formula is C26H21FN8OS. The van der Waals surface area contributed by atoms with Crippen LogP contribution >= 0.6 is 11.3 Å². The maximum Gasteiger partial charge on any atom is 0.224 e. The van der Waals surface area contributed by atoms with Crippen molar-refractivity contribution in [2.45, 2.75) is 26.2 Å². The first kappa shape index (κ1) is 22.9. The number of hydrogen-bond donors (Lipinski definition) is 3. The second-order valence-electron chi connectivity index (χ2n) is 8.52. The van der Waals surface area contributed by atoms with E-state index in [9.17, 15) is 4.79 Å². The van der Waals surface area contributed by atoms with E-state index in [0.717, 1.165) is 28.8 Å². The molecule has 37 heavy (non-hydrogen) atoms. The number of amides is 1. The van der Waals surface area contributed by atoms with Gasteiger partial charge in [-0.3, -0.25) is 14.9 Å². The van der Waals surface area contributed by atoms with Gasteiger partial charge in [0.1, 0.15) is 11.5 Å². The van der Waals surface area contributed by atoms with Gasteiger partial charge in [0.05, 0.1) is 22.8 Å². The van der Waals surface area contributed by atoms with E-state index in [1.807, 2.05) is 30.5 Å². The Kier molecular flexibility index (Phi) is 5.89. The lowest BCUT2D eigenvalue weighted by atomic mass is 10.1. The van der Waals surface area contributed by atoms with Gasteiger partial charge < -0.3 is 10.3 Å². The predicted molar refractivity (Wildman–Crippen MR) is 141 cm³/mol. The molecule has 6 heterocycles. The van der Waals surface area contributed by atoms with Gasteiger partial charge >= 0.3 is 0 Å². The topological polar surface area (TPSA) is 125 Å². The Balaban J connectivity index is 1.41. The minimum absolute atomic E-state index is 0.104. The van der Waals surface area contributed by atoms with Crippen LogP contribution in [0.1, 0.15) is 26.2 Å². The number of imidazole rings is 1. The Morgan fingerprint density at radius 1 is 1.14 bits per heavy atom. The standard InChI is InChI=1S/C26H21FN8OS/c1-2-3-6-19(36)31-15-10-14(11-28-12-15)17-13-30-24-20(21(17)27)23(34-35-24)26-32-22-16(18-5-4-9-37-18)7-8-29-25(22)33-26/h4-5,7-13H,2-3,6H2,1H3,(H,31,36)(H,29,32,33)(H,30,34,35). The highest BCUT2D eigenvalue weighted by atomic mass is 32.1. The fourth-order valence-electron chi connectivity index (χ4n) is 4.21. The zero-order chi connectivity index (χ0) is 25.4. The number of thiophene rings is 1. The van der Waals surface area contributed by atoms with Crippen LogP contribution in [0.15, 0.2) is 54.4 Å². The van der Waals surface area contributed by atoms with Crippen LogP contribution in [0.2, 0.25) is 0 Å². The van der Waals surface area contributed by atoms with Gasteiger partial charge in [-0.25, -0.2) is 19.3 Å². The number of carbonyl (C=O) groups is 1. The normalized spacial score (nSPS) is 11.4. The number of anilines is 1. The highest BCUT2D eigenvalue weighted by molar-refractivity contribution is 7.13. The van der Waals surface area contributed by atoms with Crippen LogP contribution in [0.4, 0.5) is 10.1 Å². The minimum Gasteiger partial charge on any atom is -0.335 e. The molecule has 1 amide bonds. The second-order valence-corrected chi connectivity index (χ2v) is 9.46. The number of nitrogens with one attached hydrogen (secondary N) is 3. The summed E-state index contributed by atoms with van der Waals surface area (Å²) in [6.45, 7) is 2.02. The second kappa shape index (κ2) is 9.51. The summed E-state index contributed by atoms with van der Waals surface area (Å²) in [5.41, 5.74) is 4.04. The number of halogens is 1. The van der Waals surface area contributed by atoms with Crippen LogP contribution in [0.5, 0.6) is 0 Å². The molecule has 11 heteroatoms. The number of fused-ring (bicyclic) bond motifs is 2. The number of nitrogens with zero attached hydrogens (tertiary/aromatic N) is 5. The fraction of sp³-hybridized carbons (Fsp3) is 0.154. The maximum atomic E-state index is 16.0. The SMILES string of the molecule is CCCCC(=O)Nc1cncc(-c2cnc3n[nH]c(-c4nc5nccc(-c6cccs6)c5[nH]4)c3c2F)c1. The van der Waals surface area contributed by atoms with Crippen LogP contribution in [0.25, 0.3) is 55.3 Å². The Morgan fingerprint density at radius 2 is 2.05 bits per heavy atom. The summed E-state index contributed by atoms with van der Waals surface area (Å²) in [5, 5.41) is 12.1. The number of hydrogen-bond acceptors (Lipinski definition) is 7. The molecule has 0 unspecified atom stereocenters. The van der Waals surface area contributed by atoms with Crippen molar-refractivity contribution in [2.75, 3.05) is 5.32 Å². The van der Waals surface area contributed by atoms with Gasteiger partial charge in [-0.1, -0.05) is 19.4 Å². The summed E-state index contributed by atoms with van der Waals surface area (Å²) in [6.07, 6.45) is 8.32. The van der Waals surface area contributed by atoms with Crippen LogP contribution in [0.3, 0.4) is 0 Å². The number of H-pyrrole nitrogens is 2. The number of rotatable bonds is 7. The number of pyridine rings is 3. The van der Waals surface area contributed by atoms with E-state index in [4.69, 9.17) is 0 Å². The Morgan fingerprint density at radius 3 is 2.89 bits per heavy atom. The Bertz CT molecular complexity index is 1740. The van der Waals surface area contributed by atoms with Crippen molar-refractivity contribution in [1.29, 1.82) is 0 Å². The van der Waals surface area contributed by atoms with Crippen molar-refractivity contribution in [2.24, 2.45) is 0 Å². The summed E-state index contributed by atoms with van der Waals surface area (Å²) >= 11 is 1.61. The largest absolute Gasteiger partial charge is 0.335 e. The third-order valence-electron chi connectivity index (χ3n) is 6.03. The zero-order valence-corrected chi connectivity index (χ0v) is 20.6. The molecule has 6 aromatic rings. The molecule has 0 atom stereocenters. The van der Waals surface area contributed by atoms with Crippen LogP contribution in [-0.2, 0) is 4.79 Å². The van der Waals surface area contributed by atoms with Crippen molar-refractivity contribution in [3.63, 3.8) is 0 Å². The molecular weight excluding hydrogens is 491 g/mol. The van der Waals surface area contributed by atoms with Crippen molar-refractivity contribution in [3.05, 3.63) is 60.3 Å². The van der Waals surface area contributed by atoms with E-state index in [1.165, 1.54) is 18.6 Å². The minimum atomic E-state index is -0.517. The molecule has 9 nitrogen and oxygen atoms in total. The van der Waals surface area contributed by atoms with E-state index in [-0.39, 0.29) is 22.5 Å². The number of carbonyl (C=O) groups excluding carboxylic acids is 1. The first-order valence-corrected chi connectivity index (χ1v) is 12.7. The molecule has 3 N–H and O–H groups in total. The molecule has 0 spiro atoms. The quantitative estimate of drug-likeness (QED) is 0.243. The zero-order valence-electron chi connectivity index (χ0n) is 19.7. The van der Waals surface area contributed by atoms with Gasteiger partial charge in [0.2, 0.25) is 5.91 Å². The number of unbranched alkanes of at least 4 members (excludes halogenated alkanes) is 1. The average molecular weight is 513 g/mol. The van der Waals surface area contributed by atoms with Crippen molar-refractivity contribution in [3.8, 4) is 33.1 Å². The van der Waals surface area contributed by atoms with Gasteiger partial charge in [0.15, 0.2) is 17.1 Å². The number of aromatic nitrogens is 7. The molecule has 0 bridgehead atoms. The molecule has 0 aliphatic carbocycles. The van der Waals surface area contributed by atoms with Gasteiger partial charge in [-0.2, -0.15) is 5.10 Å². The third-order valence-corrected chi connectivity index (χ3v) is 6.93. The molecule has 0 saturated carbocycles. The molecule has 0 aliphatic rings. The smallest absolute Gasteiger partial charge is 0.224 e. The van der Waals surface area contributed by atoms with E-state index in [1.54, 1.807) is 23.6 Å². The van der Waals surface area contributed by atoms with Gasteiger partial charge in [-0.15, -0.1) is 11.3 Å². The van der Waals surface area contributed by atoms with Crippen LogP contribution < -0.4 is 5.32 Å². The maximum absolute atomic E-state index is 16.0. The van der Waals surface area contributed by atoms with Crippen molar-refractivity contribution in [1.82, 2.24) is 35.1 Å². The highest BCUT2D eigenvalue weighted by Gasteiger charge is 2.21. The van der Waals surface area contributed by atoms with Crippen LogP contribution in [-0.4, -0.2) is 41.0 Å². The molecule has 6 aromatic heterocycles. The van der Waals surface area contributed by atoms with Gasteiger partial charge in [0.25, 0.3) is 0 Å². The molecule has 6 rings (SSSR count). The van der Waals surface area contributed by atoms with Crippen molar-refractivity contribution < 1.29 is 9.18 Å². The summed E-state index contributed by atoms with van der Waals surface area (Å²) in [6, 6.07) is 7.61. The predicted octanol–water partition coefficient (Wildman–Crippen LogP) is 5.95. The van der Waals surface area contributed by atoms with E-state index in [2.05, 4.69) is 40.4 Å². The Labute approximate surface area is 214 Å². The van der Waals surface area contributed by atoms with Gasteiger partial charge in [0, 0.05) is 46.6 Å². The molecule has 0 aliphatic heterocycles. The molecule has 0 saturated heterocycles. The van der Waals surface area contributed by atoms with Gasteiger partial charge in [-0.05, 0) is 30.0 Å². The van der Waals surface area contributed by atoms with E-state index in [0.29, 0.717) is 34.8 Å². The lowest BCUT2D eigenvalue weighted by Gasteiger charge is -2.08. The summed E-state index contributed by atoms with van der Waals surface area (Å²) in [5.74, 6) is -0.216. The molecule has 0 aromatic carbocycles.